The first-order chi connectivity index (χ1) is 20.9. The maximum Gasteiger partial charge on any atom is 0.103 e. The highest BCUT2D eigenvalue weighted by Crippen LogP contribution is 2.66. The number of nitrogens with zero attached hydrogens (tertiary/aromatic N) is 4. The summed E-state index contributed by atoms with van der Waals surface area (Å²) in [5, 5.41) is 23.1. The lowest BCUT2D eigenvalue weighted by Gasteiger charge is -2.60. The largest absolute Gasteiger partial charge is 0.384 e. The molecule has 10 aliphatic rings. The minimum absolute atomic E-state index is 0.119. The van der Waals surface area contributed by atoms with Gasteiger partial charge in [0.05, 0.1) is 11.4 Å². The normalized spacial score (nSPS) is 48.0. The predicted octanol–water partition coefficient (Wildman–Crippen LogP) is 5.35. The molecule has 0 aromatic heterocycles. The van der Waals surface area contributed by atoms with Crippen LogP contribution in [-0.4, -0.2) is 81.9 Å². The van der Waals surface area contributed by atoms with E-state index in [-0.39, 0.29) is 33.5 Å². The highest BCUT2D eigenvalue weighted by Gasteiger charge is 2.71. The molecule has 2 N–H and O–H groups in total. The Morgan fingerprint density at radius 3 is 1.45 bits per heavy atom. The molecule has 8 aliphatic heterocycles. The zero-order valence-electron chi connectivity index (χ0n) is 26.5. The summed E-state index contributed by atoms with van der Waals surface area (Å²) in [5.41, 5.74) is 7.03. The van der Waals surface area contributed by atoms with Crippen molar-refractivity contribution in [3.8, 4) is 0 Å². The Morgan fingerprint density at radius 2 is 1.05 bits per heavy atom. The summed E-state index contributed by atoms with van der Waals surface area (Å²) in [5.74, 6) is 0.238. The molecule has 2 aromatic carbocycles. The van der Waals surface area contributed by atoms with Crippen molar-refractivity contribution in [1.82, 2.24) is 9.80 Å². The van der Waals surface area contributed by atoms with Gasteiger partial charge in [0.15, 0.2) is 0 Å². The third-order valence-electron chi connectivity index (χ3n) is 14.1. The number of rotatable bonds is 0. The van der Waals surface area contributed by atoms with Crippen LogP contribution in [0.5, 0.6) is 0 Å². The molecule has 228 valence electrons. The lowest BCUT2D eigenvalue weighted by Crippen LogP contribution is -2.69. The van der Waals surface area contributed by atoms with E-state index in [0.29, 0.717) is 0 Å². The Hall–Kier alpha value is -2.90. The Bertz CT molecular complexity index is 1630. The van der Waals surface area contributed by atoms with Gasteiger partial charge in [-0.3, -0.25) is 19.8 Å². The monoisotopic (exact) mass is 588 g/mol. The quantitative estimate of drug-likeness (QED) is 0.408. The van der Waals surface area contributed by atoms with Crippen LogP contribution in [0.3, 0.4) is 0 Å². The first kappa shape index (κ1) is 27.4. The number of hydrogen-bond donors (Lipinski definition) is 2. The Labute approximate surface area is 260 Å². The Morgan fingerprint density at radius 1 is 0.659 bits per heavy atom. The number of fused-ring (bicyclic) bond motifs is 4. The fraction of sp³-hybridized carbons (Fsp3) is 0.526. The molecule has 0 radical (unpaired) electrons. The summed E-state index contributed by atoms with van der Waals surface area (Å²) < 4.78 is 0. The van der Waals surface area contributed by atoms with Crippen LogP contribution in [0, 0.1) is 22.7 Å². The molecular weight excluding hydrogens is 544 g/mol. The third-order valence-corrected chi connectivity index (χ3v) is 14.1. The molecule has 8 fully saturated rings. The average Bonchev–Trinajstić information content (AvgIpc) is 3.41. The van der Waals surface area contributed by atoms with Gasteiger partial charge in [-0.15, -0.1) is 0 Å². The molecule has 12 rings (SSSR count). The van der Waals surface area contributed by atoms with Crippen LogP contribution in [0.4, 0.5) is 11.4 Å². The van der Waals surface area contributed by atoms with Gasteiger partial charge in [-0.2, -0.15) is 0 Å². The van der Waals surface area contributed by atoms with Crippen LogP contribution in [0.1, 0.15) is 51.7 Å². The molecule has 44 heavy (non-hydrogen) atoms. The fourth-order valence-corrected chi connectivity index (χ4v) is 11.7. The van der Waals surface area contributed by atoms with E-state index >= 15 is 0 Å². The fourth-order valence-electron chi connectivity index (χ4n) is 11.7. The van der Waals surface area contributed by atoms with Crippen LogP contribution >= 0.6 is 0 Å². The maximum atomic E-state index is 11.6. The van der Waals surface area contributed by atoms with Crippen molar-refractivity contribution in [2.45, 2.75) is 62.6 Å². The Kier molecular flexibility index (Phi) is 5.03. The van der Waals surface area contributed by atoms with Gasteiger partial charge >= 0.3 is 0 Å². The van der Waals surface area contributed by atoms with E-state index in [0.717, 1.165) is 74.6 Å². The summed E-state index contributed by atoms with van der Waals surface area (Å²) in [4.78, 5) is 15.0. The van der Waals surface area contributed by atoms with E-state index in [9.17, 15) is 10.2 Å². The van der Waals surface area contributed by atoms with Crippen LogP contribution in [0.2, 0.25) is 0 Å². The molecule has 10 atom stereocenters. The second kappa shape index (κ2) is 8.08. The van der Waals surface area contributed by atoms with Gasteiger partial charge in [0.1, 0.15) is 11.2 Å². The third kappa shape index (κ3) is 2.77. The Balaban J connectivity index is 0.000000123. The number of aliphatic imine (C=N–C) groups is 2. The summed E-state index contributed by atoms with van der Waals surface area (Å²) in [6.45, 7) is 23.0. The number of hydrogen-bond acceptors (Lipinski definition) is 6. The van der Waals surface area contributed by atoms with Crippen molar-refractivity contribution in [2.75, 3.05) is 39.3 Å². The molecule has 8 bridgehead atoms. The molecule has 2 unspecified atom stereocenters. The van der Waals surface area contributed by atoms with Crippen molar-refractivity contribution < 1.29 is 10.2 Å². The summed E-state index contributed by atoms with van der Waals surface area (Å²) in [7, 11) is 0. The summed E-state index contributed by atoms with van der Waals surface area (Å²) in [6.07, 6.45) is 2.10. The minimum atomic E-state index is -0.806. The van der Waals surface area contributed by atoms with Gasteiger partial charge in [0.2, 0.25) is 0 Å². The molecular formula is C38H44N4O2. The van der Waals surface area contributed by atoms with Gasteiger partial charge in [0, 0.05) is 71.1 Å². The molecule has 2 saturated carbocycles. The molecule has 6 heteroatoms. The molecule has 6 saturated heterocycles. The summed E-state index contributed by atoms with van der Waals surface area (Å²) >= 11 is 0. The van der Waals surface area contributed by atoms with E-state index in [4.69, 9.17) is 9.98 Å². The van der Waals surface area contributed by atoms with Crippen molar-refractivity contribution in [1.29, 1.82) is 0 Å². The van der Waals surface area contributed by atoms with Crippen LogP contribution in [0.15, 0.2) is 82.8 Å². The van der Waals surface area contributed by atoms with Crippen molar-refractivity contribution in [2.24, 2.45) is 32.7 Å². The van der Waals surface area contributed by atoms with Crippen LogP contribution in [0.25, 0.3) is 0 Å². The van der Waals surface area contributed by atoms with Crippen LogP contribution in [-0.2, 0) is 10.8 Å². The zero-order chi connectivity index (χ0) is 30.7. The SMILES string of the molecule is C=C1[C@@]2(C)CN3CC[C@]4(C2=Nc2ccccc24)[C@H](C)[C@@]1(O)C3.C=C1[C@]2(C)CN3CC[C@@]4(C2=Nc2ccccc24)[C@@H](C)[C@]1(O)C3. The van der Waals surface area contributed by atoms with E-state index < -0.39 is 11.2 Å². The zero-order valence-corrected chi connectivity index (χ0v) is 26.5. The number of benzene rings is 2. The van der Waals surface area contributed by atoms with Crippen molar-refractivity contribution >= 4 is 22.8 Å². The van der Waals surface area contributed by atoms with E-state index in [2.05, 4.69) is 99.2 Å². The molecule has 2 aromatic rings. The molecule has 2 spiro atoms. The maximum absolute atomic E-state index is 11.6. The van der Waals surface area contributed by atoms with E-state index in [1.54, 1.807) is 0 Å². The number of para-hydroxylation sites is 2. The molecule has 6 nitrogen and oxygen atoms in total. The van der Waals surface area contributed by atoms with Crippen molar-refractivity contribution in [3.05, 3.63) is 84.0 Å². The summed E-state index contributed by atoms with van der Waals surface area (Å²) in [6, 6.07) is 17.0. The highest BCUT2D eigenvalue weighted by atomic mass is 16.3. The van der Waals surface area contributed by atoms with Gasteiger partial charge < -0.3 is 10.2 Å². The predicted molar refractivity (Wildman–Crippen MR) is 175 cm³/mol. The molecule has 0 amide bonds. The average molecular weight is 589 g/mol. The smallest absolute Gasteiger partial charge is 0.103 e. The van der Waals surface area contributed by atoms with Gasteiger partial charge in [-0.25, -0.2) is 0 Å². The lowest BCUT2D eigenvalue weighted by atomic mass is 9.47. The first-order valence-corrected chi connectivity index (χ1v) is 16.5. The van der Waals surface area contributed by atoms with Gasteiger partial charge in [0.25, 0.3) is 0 Å². The molecule has 8 heterocycles. The van der Waals surface area contributed by atoms with E-state index in [1.165, 1.54) is 22.6 Å². The minimum Gasteiger partial charge on any atom is -0.384 e. The number of aliphatic hydroxyl groups is 2. The molecule has 2 aliphatic carbocycles. The number of piperidine rings is 2. The van der Waals surface area contributed by atoms with Gasteiger partial charge in [-0.05, 0) is 74.2 Å². The van der Waals surface area contributed by atoms with Crippen molar-refractivity contribution in [3.63, 3.8) is 0 Å². The van der Waals surface area contributed by atoms with Crippen LogP contribution < -0.4 is 0 Å². The standard InChI is InChI=1S/2C19H22N2O/c2*1-12-17(3)10-21-9-8-18(13(2)19(12,22)11-21)14-6-4-5-7-15(14)20-16(17)18/h2*4-7,13,22H,1,8-11H2,2-3H3/t2*13-,17+,18-,19+/m10/s1. The highest BCUT2D eigenvalue weighted by molar-refractivity contribution is 6.10. The van der Waals surface area contributed by atoms with Gasteiger partial charge in [-0.1, -0.05) is 63.4 Å². The first-order valence-electron chi connectivity index (χ1n) is 16.5. The van der Waals surface area contributed by atoms with E-state index in [1.807, 2.05) is 0 Å². The second-order valence-corrected chi connectivity index (χ2v) is 15.7. The lowest BCUT2D eigenvalue weighted by molar-refractivity contribution is -0.0581. The second-order valence-electron chi connectivity index (χ2n) is 15.7. The topological polar surface area (TPSA) is 71.7 Å².